The Bertz CT molecular complexity index is 780. The number of carbonyl (C=O) groups excluding carboxylic acids is 1. The zero-order valence-corrected chi connectivity index (χ0v) is 17.1. The molecule has 28 heavy (non-hydrogen) atoms. The van der Waals surface area contributed by atoms with Gasteiger partial charge in [-0.15, -0.1) is 5.10 Å². The summed E-state index contributed by atoms with van der Waals surface area (Å²) in [7, 11) is 0. The summed E-state index contributed by atoms with van der Waals surface area (Å²) in [6.45, 7) is 10.8. The number of hydrogen-bond acceptors (Lipinski definition) is 5. The molecule has 1 aromatic heterocycles. The minimum atomic E-state index is -0.254. The Morgan fingerprint density at radius 2 is 1.71 bits per heavy atom. The molecule has 0 saturated carbocycles. The van der Waals surface area contributed by atoms with Crippen molar-refractivity contribution in [2.45, 2.75) is 46.0 Å². The highest BCUT2D eigenvalue weighted by molar-refractivity contribution is 5.77. The Morgan fingerprint density at radius 1 is 1.07 bits per heavy atom. The van der Waals surface area contributed by atoms with Crippen LogP contribution in [0.15, 0.2) is 28.7 Å². The summed E-state index contributed by atoms with van der Waals surface area (Å²) < 4.78 is 18.9. The van der Waals surface area contributed by atoms with E-state index in [0.29, 0.717) is 50.4 Å². The third kappa shape index (κ3) is 4.69. The van der Waals surface area contributed by atoms with Gasteiger partial charge in [-0.1, -0.05) is 44.9 Å². The van der Waals surface area contributed by atoms with Crippen molar-refractivity contribution >= 4 is 11.9 Å². The average molecular weight is 388 g/mol. The second-order valence-corrected chi connectivity index (χ2v) is 8.05. The van der Waals surface area contributed by atoms with Crippen molar-refractivity contribution in [3.8, 4) is 0 Å². The lowest BCUT2D eigenvalue weighted by molar-refractivity contribution is -0.132. The van der Waals surface area contributed by atoms with Gasteiger partial charge >= 0.3 is 6.01 Å². The highest BCUT2D eigenvalue weighted by atomic mass is 19.1. The first-order valence-corrected chi connectivity index (χ1v) is 9.96. The summed E-state index contributed by atoms with van der Waals surface area (Å²) in [5.74, 6) is 1.08. The van der Waals surface area contributed by atoms with Crippen LogP contribution in [0, 0.1) is 11.7 Å². The zero-order valence-electron chi connectivity index (χ0n) is 17.1. The number of piperazine rings is 1. The molecule has 1 aliphatic heterocycles. The minimum absolute atomic E-state index is 0.0793. The maximum Gasteiger partial charge on any atom is 0.318 e. The van der Waals surface area contributed by atoms with Gasteiger partial charge in [0.2, 0.25) is 11.8 Å². The van der Waals surface area contributed by atoms with Crippen LogP contribution in [0.25, 0.3) is 0 Å². The van der Waals surface area contributed by atoms with Crippen LogP contribution >= 0.6 is 0 Å². The van der Waals surface area contributed by atoms with E-state index in [-0.39, 0.29) is 23.6 Å². The first-order valence-electron chi connectivity index (χ1n) is 9.96. The van der Waals surface area contributed by atoms with E-state index in [1.54, 1.807) is 12.1 Å². The predicted octanol–water partition coefficient (Wildman–Crippen LogP) is 3.81. The van der Waals surface area contributed by atoms with Gasteiger partial charge in [-0.3, -0.25) is 4.79 Å². The van der Waals surface area contributed by atoms with Crippen LogP contribution in [0.1, 0.15) is 57.4 Å². The van der Waals surface area contributed by atoms with Crippen molar-refractivity contribution in [1.82, 2.24) is 15.1 Å². The van der Waals surface area contributed by atoms with Gasteiger partial charge in [0.05, 0.1) is 0 Å². The second-order valence-electron chi connectivity index (χ2n) is 8.05. The van der Waals surface area contributed by atoms with Crippen LogP contribution in [0.5, 0.6) is 0 Å². The van der Waals surface area contributed by atoms with E-state index < -0.39 is 0 Å². The lowest BCUT2D eigenvalue weighted by Gasteiger charge is -2.34. The van der Waals surface area contributed by atoms with E-state index >= 15 is 0 Å². The molecule has 0 bridgehead atoms. The van der Waals surface area contributed by atoms with Crippen molar-refractivity contribution in [3.05, 3.63) is 41.5 Å². The molecule has 2 aromatic rings. The van der Waals surface area contributed by atoms with Crippen LogP contribution in [0.4, 0.5) is 10.4 Å². The number of benzene rings is 1. The second kappa shape index (κ2) is 8.71. The molecule has 0 N–H and O–H groups in total. The highest BCUT2D eigenvalue weighted by Gasteiger charge is 2.27. The molecular formula is C21H29FN4O2. The summed E-state index contributed by atoms with van der Waals surface area (Å²) in [5.41, 5.74) is 1.01. The number of nitrogens with zero attached hydrogens (tertiary/aromatic N) is 4. The van der Waals surface area contributed by atoms with Crippen molar-refractivity contribution in [1.29, 1.82) is 0 Å². The van der Waals surface area contributed by atoms with E-state index in [9.17, 15) is 9.18 Å². The number of aromatic nitrogens is 2. The van der Waals surface area contributed by atoms with E-state index in [2.05, 4.69) is 24.0 Å². The monoisotopic (exact) mass is 388 g/mol. The molecule has 2 heterocycles. The predicted molar refractivity (Wildman–Crippen MR) is 106 cm³/mol. The molecule has 1 fully saturated rings. The highest BCUT2D eigenvalue weighted by Crippen LogP contribution is 2.29. The molecule has 3 rings (SSSR count). The Kier molecular flexibility index (Phi) is 6.31. The molecule has 0 radical (unpaired) electrons. The molecule has 1 amide bonds. The van der Waals surface area contributed by atoms with Crippen molar-refractivity contribution in [2.75, 3.05) is 31.1 Å². The van der Waals surface area contributed by atoms with Gasteiger partial charge in [0.25, 0.3) is 0 Å². The SMILES string of the molecule is CC(C)c1nnc(N2CCN(C(=O)CC(c3ccc(F)cc3)C(C)C)CC2)o1. The number of carbonyl (C=O) groups is 1. The standard InChI is InChI=1S/C21H29FN4O2/c1-14(2)18(16-5-7-17(22)8-6-16)13-19(27)25-9-11-26(12-10-25)21-24-23-20(28-21)15(3)4/h5-8,14-15,18H,9-13H2,1-4H3. The van der Waals surface area contributed by atoms with Gasteiger partial charge in [-0.2, -0.15) is 0 Å². The van der Waals surface area contributed by atoms with Crippen molar-refractivity contribution < 1.29 is 13.6 Å². The first-order chi connectivity index (χ1) is 13.3. The molecule has 1 atom stereocenters. The summed E-state index contributed by atoms with van der Waals surface area (Å²) in [6.07, 6.45) is 0.432. The molecule has 152 valence electrons. The third-order valence-corrected chi connectivity index (χ3v) is 5.32. The number of rotatable bonds is 6. The van der Waals surface area contributed by atoms with Gasteiger partial charge < -0.3 is 14.2 Å². The lowest BCUT2D eigenvalue weighted by atomic mass is 9.85. The van der Waals surface area contributed by atoms with Crippen LogP contribution < -0.4 is 4.90 Å². The van der Waals surface area contributed by atoms with Gasteiger partial charge in [0, 0.05) is 38.5 Å². The molecule has 1 unspecified atom stereocenters. The first kappa shape index (κ1) is 20.3. The molecule has 6 nitrogen and oxygen atoms in total. The Hall–Kier alpha value is -2.44. The van der Waals surface area contributed by atoms with E-state index in [1.807, 2.05) is 23.6 Å². The van der Waals surface area contributed by atoms with Crippen molar-refractivity contribution in [3.63, 3.8) is 0 Å². The van der Waals surface area contributed by atoms with Crippen LogP contribution in [-0.2, 0) is 4.79 Å². The number of hydrogen-bond donors (Lipinski definition) is 0. The Morgan fingerprint density at radius 3 is 2.25 bits per heavy atom. The molecule has 1 saturated heterocycles. The van der Waals surface area contributed by atoms with E-state index in [0.717, 1.165) is 5.56 Å². The summed E-state index contributed by atoms with van der Waals surface area (Å²) in [5, 5.41) is 8.20. The van der Waals surface area contributed by atoms with Gasteiger partial charge in [0.15, 0.2) is 0 Å². The third-order valence-electron chi connectivity index (χ3n) is 5.32. The summed E-state index contributed by atoms with van der Waals surface area (Å²) in [4.78, 5) is 16.8. The number of halogens is 1. The van der Waals surface area contributed by atoms with Gasteiger partial charge in [0.1, 0.15) is 5.82 Å². The fourth-order valence-electron chi connectivity index (χ4n) is 3.50. The van der Waals surface area contributed by atoms with Crippen molar-refractivity contribution in [2.24, 2.45) is 5.92 Å². The Balaban J connectivity index is 1.58. The molecular weight excluding hydrogens is 359 g/mol. The largest absolute Gasteiger partial charge is 0.408 e. The molecule has 0 aliphatic carbocycles. The summed E-state index contributed by atoms with van der Waals surface area (Å²) >= 11 is 0. The summed E-state index contributed by atoms with van der Waals surface area (Å²) in [6, 6.07) is 7.02. The quantitative estimate of drug-likeness (QED) is 0.753. The van der Waals surface area contributed by atoms with Crippen LogP contribution in [-0.4, -0.2) is 47.2 Å². The van der Waals surface area contributed by atoms with Crippen LogP contribution in [0.3, 0.4) is 0 Å². The van der Waals surface area contributed by atoms with Crippen LogP contribution in [0.2, 0.25) is 0 Å². The normalized spacial score (nSPS) is 16.1. The molecule has 1 aliphatic rings. The smallest absolute Gasteiger partial charge is 0.318 e. The van der Waals surface area contributed by atoms with E-state index in [1.165, 1.54) is 12.1 Å². The number of amides is 1. The topological polar surface area (TPSA) is 62.5 Å². The molecule has 7 heteroatoms. The Labute approximate surface area is 165 Å². The lowest BCUT2D eigenvalue weighted by Crippen LogP contribution is -2.49. The van der Waals surface area contributed by atoms with E-state index in [4.69, 9.17) is 4.42 Å². The zero-order chi connectivity index (χ0) is 20.3. The van der Waals surface area contributed by atoms with Gasteiger partial charge in [-0.05, 0) is 29.5 Å². The fourth-order valence-corrected chi connectivity index (χ4v) is 3.50. The molecule has 0 spiro atoms. The number of anilines is 1. The average Bonchev–Trinajstić information content (AvgIpc) is 3.17. The minimum Gasteiger partial charge on any atom is -0.408 e. The van der Waals surface area contributed by atoms with Gasteiger partial charge in [-0.25, -0.2) is 4.39 Å². The fraction of sp³-hybridized carbons (Fsp3) is 0.571. The molecule has 1 aromatic carbocycles. The maximum atomic E-state index is 13.2. The maximum absolute atomic E-state index is 13.2.